The Balaban J connectivity index is 1.51. The number of nitrogens with zero attached hydrogens (tertiary/aromatic N) is 1. The molecule has 0 spiro atoms. The lowest BCUT2D eigenvalue weighted by molar-refractivity contribution is -0.113. The fourth-order valence-electron chi connectivity index (χ4n) is 3.95. The van der Waals surface area contributed by atoms with E-state index >= 15 is 0 Å². The summed E-state index contributed by atoms with van der Waals surface area (Å²) in [6.45, 7) is 2.53. The highest BCUT2D eigenvalue weighted by atomic mass is 32.2. The van der Waals surface area contributed by atoms with Crippen molar-refractivity contribution in [3.05, 3.63) is 53.6 Å². The third-order valence-corrected chi connectivity index (χ3v) is 6.48. The summed E-state index contributed by atoms with van der Waals surface area (Å²) in [5.74, 6) is 1.07. The molecule has 152 valence electrons. The second-order valence-electron chi connectivity index (χ2n) is 7.26. The highest BCUT2D eigenvalue weighted by molar-refractivity contribution is 8.00. The summed E-state index contributed by atoms with van der Waals surface area (Å²) in [5.41, 5.74) is 2.35. The Labute approximate surface area is 175 Å². The third-order valence-electron chi connectivity index (χ3n) is 5.41. The Morgan fingerprint density at radius 2 is 2.03 bits per heavy atom. The topological polar surface area (TPSA) is 70.7 Å². The van der Waals surface area contributed by atoms with E-state index in [2.05, 4.69) is 21.6 Å². The van der Waals surface area contributed by atoms with Crippen LogP contribution in [-0.2, 0) is 4.79 Å². The maximum atomic E-state index is 12.8. The number of methoxy groups -OCH3 is 1. The Morgan fingerprint density at radius 1 is 1.24 bits per heavy atom. The average molecular weight is 412 g/mol. The molecule has 1 unspecified atom stereocenters. The van der Waals surface area contributed by atoms with Crippen molar-refractivity contribution < 1.29 is 14.3 Å². The normalized spacial score (nSPS) is 17.3. The standard InChI is InChI=1S/C22H25N3O3S/c1-28-19-7-3-2-6-16(19)18(25-10-4-5-11-25)13-23-22(27)15-8-9-20-17(12-15)24-21(26)14-29-20/h2-3,6-9,12,18H,4-5,10-11,13-14H2,1H3,(H,23,27)(H,24,26). The molecule has 0 saturated carbocycles. The average Bonchev–Trinajstić information content (AvgIpc) is 3.28. The van der Waals surface area contributed by atoms with Crippen LogP contribution in [0.4, 0.5) is 5.69 Å². The van der Waals surface area contributed by atoms with E-state index in [4.69, 9.17) is 4.74 Å². The molecule has 0 bridgehead atoms. The van der Waals surface area contributed by atoms with Crippen molar-refractivity contribution in [2.24, 2.45) is 0 Å². The van der Waals surface area contributed by atoms with E-state index in [1.807, 2.05) is 30.3 Å². The van der Waals surface area contributed by atoms with E-state index in [9.17, 15) is 9.59 Å². The molecule has 0 aliphatic carbocycles. The maximum absolute atomic E-state index is 12.8. The van der Waals surface area contributed by atoms with Crippen LogP contribution >= 0.6 is 11.8 Å². The lowest BCUT2D eigenvalue weighted by atomic mass is 10.0. The molecule has 2 N–H and O–H groups in total. The molecule has 2 aromatic rings. The quantitative estimate of drug-likeness (QED) is 0.763. The number of benzene rings is 2. The number of likely N-dealkylation sites (tertiary alicyclic amines) is 1. The second-order valence-corrected chi connectivity index (χ2v) is 8.28. The summed E-state index contributed by atoms with van der Waals surface area (Å²) in [6.07, 6.45) is 2.34. The predicted octanol–water partition coefficient (Wildman–Crippen LogP) is 3.31. The van der Waals surface area contributed by atoms with E-state index in [0.717, 1.165) is 29.3 Å². The minimum Gasteiger partial charge on any atom is -0.496 e. The molecule has 7 heteroatoms. The van der Waals surface area contributed by atoms with Crippen LogP contribution in [0.2, 0.25) is 0 Å². The molecule has 29 heavy (non-hydrogen) atoms. The van der Waals surface area contributed by atoms with Gasteiger partial charge in [0.25, 0.3) is 5.91 Å². The van der Waals surface area contributed by atoms with Gasteiger partial charge in [-0.3, -0.25) is 14.5 Å². The van der Waals surface area contributed by atoms with Gasteiger partial charge in [0.05, 0.1) is 24.6 Å². The van der Waals surface area contributed by atoms with Gasteiger partial charge in [-0.2, -0.15) is 0 Å². The minimum absolute atomic E-state index is 0.0367. The van der Waals surface area contributed by atoms with Crippen LogP contribution in [0.5, 0.6) is 5.75 Å². The van der Waals surface area contributed by atoms with E-state index in [1.165, 1.54) is 24.6 Å². The van der Waals surface area contributed by atoms with Gasteiger partial charge in [-0.05, 0) is 50.2 Å². The van der Waals surface area contributed by atoms with Gasteiger partial charge in [-0.1, -0.05) is 18.2 Å². The first-order valence-electron chi connectivity index (χ1n) is 9.87. The number of para-hydroxylation sites is 1. The smallest absolute Gasteiger partial charge is 0.251 e. The van der Waals surface area contributed by atoms with Crippen LogP contribution in [0.15, 0.2) is 47.4 Å². The van der Waals surface area contributed by atoms with Crippen molar-refractivity contribution in [2.45, 2.75) is 23.8 Å². The van der Waals surface area contributed by atoms with E-state index in [-0.39, 0.29) is 17.9 Å². The zero-order valence-corrected chi connectivity index (χ0v) is 17.3. The first-order chi connectivity index (χ1) is 14.2. The minimum atomic E-state index is -0.142. The van der Waals surface area contributed by atoms with Crippen LogP contribution in [0, 0.1) is 0 Å². The van der Waals surface area contributed by atoms with Gasteiger partial charge in [-0.15, -0.1) is 11.8 Å². The molecule has 0 aromatic heterocycles. The molecule has 1 fully saturated rings. The van der Waals surface area contributed by atoms with Gasteiger partial charge in [0.1, 0.15) is 5.75 Å². The number of carbonyl (C=O) groups excluding carboxylic acids is 2. The van der Waals surface area contributed by atoms with E-state index in [1.54, 1.807) is 13.2 Å². The first-order valence-corrected chi connectivity index (χ1v) is 10.9. The van der Waals surface area contributed by atoms with Crippen molar-refractivity contribution in [3.63, 3.8) is 0 Å². The molecule has 6 nitrogen and oxygen atoms in total. The van der Waals surface area contributed by atoms with Crippen molar-refractivity contribution in [2.75, 3.05) is 37.8 Å². The number of thioether (sulfide) groups is 1. The van der Waals surface area contributed by atoms with Crippen molar-refractivity contribution in [1.29, 1.82) is 0 Å². The molecule has 2 aromatic carbocycles. The molecule has 2 aliphatic heterocycles. The number of carbonyl (C=O) groups is 2. The molecule has 1 saturated heterocycles. The van der Waals surface area contributed by atoms with Crippen LogP contribution in [0.25, 0.3) is 0 Å². The summed E-state index contributed by atoms with van der Waals surface area (Å²) in [4.78, 5) is 27.9. The fourth-order valence-corrected chi connectivity index (χ4v) is 4.74. The molecule has 1 atom stereocenters. The van der Waals surface area contributed by atoms with Crippen LogP contribution in [0.3, 0.4) is 0 Å². The molecule has 0 radical (unpaired) electrons. The summed E-state index contributed by atoms with van der Waals surface area (Å²) >= 11 is 1.49. The number of fused-ring (bicyclic) bond motifs is 1. The van der Waals surface area contributed by atoms with Gasteiger partial charge >= 0.3 is 0 Å². The summed E-state index contributed by atoms with van der Waals surface area (Å²) in [6, 6.07) is 13.5. The zero-order valence-electron chi connectivity index (χ0n) is 16.4. The number of hydrogen-bond donors (Lipinski definition) is 2. The SMILES string of the molecule is COc1ccccc1C(CNC(=O)c1ccc2c(c1)NC(=O)CS2)N1CCCC1. The number of ether oxygens (including phenoxy) is 1. The van der Waals surface area contributed by atoms with E-state index in [0.29, 0.717) is 23.5 Å². The highest BCUT2D eigenvalue weighted by Crippen LogP contribution is 2.33. The Bertz CT molecular complexity index is 912. The lowest BCUT2D eigenvalue weighted by Gasteiger charge is -2.29. The third kappa shape index (κ3) is 4.41. The summed E-state index contributed by atoms with van der Waals surface area (Å²) < 4.78 is 5.57. The van der Waals surface area contributed by atoms with Crippen LogP contribution in [-0.4, -0.2) is 49.2 Å². The highest BCUT2D eigenvalue weighted by Gasteiger charge is 2.26. The fraction of sp³-hybridized carbons (Fsp3) is 0.364. The molecule has 2 aliphatic rings. The van der Waals surface area contributed by atoms with Gasteiger partial charge in [-0.25, -0.2) is 0 Å². The molecule has 4 rings (SSSR count). The number of hydrogen-bond acceptors (Lipinski definition) is 5. The van der Waals surface area contributed by atoms with Gasteiger partial charge in [0, 0.05) is 22.6 Å². The summed E-state index contributed by atoms with van der Waals surface area (Å²) in [7, 11) is 1.68. The number of anilines is 1. The van der Waals surface area contributed by atoms with Gasteiger partial charge < -0.3 is 15.4 Å². The second kappa shape index (κ2) is 8.88. The Morgan fingerprint density at radius 3 is 2.83 bits per heavy atom. The Kier molecular flexibility index (Phi) is 6.06. The summed E-state index contributed by atoms with van der Waals surface area (Å²) in [5, 5.41) is 5.93. The molecule has 2 amide bonds. The van der Waals surface area contributed by atoms with Gasteiger partial charge in [0.2, 0.25) is 5.91 Å². The van der Waals surface area contributed by atoms with Crippen molar-refractivity contribution in [1.82, 2.24) is 10.2 Å². The molecule has 2 heterocycles. The number of rotatable bonds is 6. The zero-order chi connectivity index (χ0) is 20.2. The van der Waals surface area contributed by atoms with Gasteiger partial charge in [0.15, 0.2) is 0 Å². The number of nitrogens with one attached hydrogen (secondary N) is 2. The number of amides is 2. The van der Waals surface area contributed by atoms with Crippen molar-refractivity contribution in [3.8, 4) is 5.75 Å². The maximum Gasteiger partial charge on any atom is 0.251 e. The van der Waals surface area contributed by atoms with Crippen molar-refractivity contribution >= 4 is 29.3 Å². The van der Waals surface area contributed by atoms with Crippen LogP contribution < -0.4 is 15.4 Å². The monoisotopic (exact) mass is 411 g/mol. The first kappa shape index (κ1) is 19.8. The molecular formula is C22H25N3O3S. The Hall–Kier alpha value is -2.51. The molecular weight excluding hydrogens is 386 g/mol. The van der Waals surface area contributed by atoms with Crippen LogP contribution in [0.1, 0.15) is 34.8 Å². The largest absolute Gasteiger partial charge is 0.496 e. The lowest BCUT2D eigenvalue weighted by Crippen LogP contribution is -2.37. The predicted molar refractivity (Wildman–Crippen MR) is 115 cm³/mol. The van der Waals surface area contributed by atoms with E-state index < -0.39 is 0 Å².